The summed E-state index contributed by atoms with van der Waals surface area (Å²) in [7, 11) is 0.923. The van der Waals surface area contributed by atoms with Crippen molar-refractivity contribution in [1.29, 1.82) is 0 Å². The minimum absolute atomic E-state index is 0.222. The highest BCUT2D eigenvalue weighted by atomic mass is 19.4. The number of ether oxygens (including phenoxy) is 1. The van der Waals surface area contributed by atoms with E-state index >= 15 is 0 Å². The fourth-order valence-corrected chi connectivity index (χ4v) is 3.04. The van der Waals surface area contributed by atoms with Gasteiger partial charge in [-0.05, 0) is 24.3 Å². The van der Waals surface area contributed by atoms with Gasteiger partial charge in [-0.25, -0.2) is 4.79 Å². The van der Waals surface area contributed by atoms with E-state index in [0.717, 1.165) is 25.3 Å². The number of carbonyl (C=O) groups excluding carboxylic acids is 1. The van der Waals surface area contributed by atoms with Crippen LogP contribution in [0.1, 0.15) is 21.5 Å². The number of aromatic nitrogens is 1. The second kappa shape index (κ2) is 7.08. The van der Waals surface area contributed by atoms with E-state index in [1.807, 2.05) is 0 Å². The van der Waals surface area contributed by atoms with Crippen molar-refractivity contribution in [2.75, 3.05) is 12.8 Å². The number of benzene rings is 2. The molecule has 158 valence electrons. The molecule has 2 N–H and O–H groups in total. The number of methoxy groups -OCH3 is 1. The standard InChI is InChI=1S/C19H12F6N2O3/c1-30-17(29)14-15(26)10-7-6-9(18(20,21)22)8-13(10)27(16(14)28)12-5-3-2-4-11(12)19(23,24)25/h2-8H,26H2,1H3. The van der Waals surface area contributed by atoms with Gasteiger partial charge in [0.05, 0.1) is 35.1 Å². The Morgan fingerprint density at radius 3 is 2.20 bits per heavy atom. The Bertz CT molecular complexity index is 1210. The van der Waals surface area contributed by atoms with Gasteiger partial charge in [0.2, 0.25) is 0 Å². The number of nitrogens with two attached hydrogens (primary N) is 1. The van der Waals surface area contributed by atoms with E-state index in [2.05, 4.69) is 4.74 Å². The van der Waals surface area contributed by atoms with Gasteiger partial charge in [-0.15, -0.1) is 0 Å². The fourth-order valence-electron chi connectivity index (χ4n) is 3.04. The molecule has 0 aliphatic heterocycles. The summed E-state index contributed by atoms with van der Waals surface area (Å²) in [5.41, 5.74) is -0.630. The molecule has 3 aromatic rings. The van der Waals surface area contributed by atoms with Gasteiger partial charge < -0.3 is 10.5 Å². The van der Waals surface area contributed by atoms with Crippen molar-refractivity contribution in [2.45, 2.75) is 12.4 Å². The number of nitrogens with zero attached hydrogens (tertiary/aromatic N) is 1. The third-order valence-electron chi connectivity index (χ3n) is 4.38. The molecule has 0 saturated heterocycles. The van der Waals surface area contributed by atoms with E-state index in [0.29, 0.717) is 22.8 Å². The molecule has 0 saturated carbocycles. The molecule has 1 aromatic heterocycles. The fraction of sp³-hybridized carbons (Fsp3) is 0.158. The lowest BCUT2D eigenvalue weighted by molar-refractivity contribution is -0.138. The largest absolute Gasteiger partial charge is 0.465 e. The quantitative estimate of drug-likeness (QED) is 0.483. The van der Waals surface area contributed by atoms with Crippen molar-refractivity contribution in [3.05, 3.63) is 69.5 Å². The van der Waals surface area contributed by atoms with Crippen molar-refractivity contribution in [2.24, 2.45) is 0 Å². The zero-order valence-corrected chi connectivity index (χ0v) is 15.1. The Balaban J connectivity index is 2.58. The molecule has 0 amide bonds. The Morgan fingerprint density at radius 2 is 1.63 bits per heavy atom. The predicted molar refractivity (Wildman–Crippen MR) is 95.3 cm³/mol. The molecule has 0 unspecified atom stereocenters. The maximum atomic E-state index is 13.5. The van der Waals surface area contributed by atoms with Crippen molar-refractivity contribution >= 4 is 22.6 Å². The molecule has 0 aliphatic rings. The topological polar surface area (TPSA) is 74.3 Å². The van der Waals surface area contributed by atoms with Crippen LogP contribution in [0.5, 0.6) is 0 Å². The first-order chi connectivity index (χ1) is 13.9. The number of esters is 1. The number of halogens is 6. The van der Waals surface area contributed by atoms with E-state index in [9.17, 15) is 35.9 Å². The second-order valence-corrected chi connectivity index (χ2v) is 6.17. The van der Waals surface area contributed by atoms with Crippen LogP contribution in [0, 0.1) is 0 Å². The smallest absolute Gasteiger partial charge is 0.418 e. The number of para-hydroxylation sites is 1. The molecular formula is C19H12F6N2O3. The summed E-state index contributed by atoms with van der Waals surface area (Å²) in [4.78, 5) is 25.1. The first-order valence-electron chi connectivity index (χ1n) is 8.18. The SMILES string of the molecule is COC(=O)c1c(N)c2ccc(C(F)(F)F)cc2n(-c2ccccc2C(F)(F)F)c1=O. The molecule has 0 atom stereocenters. The summed E-state index contributed by atoms with van der Waals surface area (Å²) in [6.07, 6.45) is -9.77. The van der Waals surface area contributed by atoms with Crippen molar-refractivity contribution in [3.63, 3.8) is 0 Å². The monoisotopic (exact) mass is 430 g/mol. The highest BCUT2D eigenvalue weighted by Gasteiger charge is 2.36. The zero-order chi connectivity index (χ0) is 22.4. The number of rotatable bonds is 2. The van der Waals surface area contributed by atoms with Crippen molar-refractivity contribution < 1.29 is 35.9 Å². The number of hydrogen-bond donors (Lipinski definition) is 1. The summed E-state index contributed by atoms with van der Waals surface area (Å²) in [6, 6.07) is 5.82. The minimum Gasteiger partial charge on any atom is -0.465 e. The van der Waals surface area contributed by atoms with Gasteiger partial charge >= 0.3 is 18.3 Å². The van der Waals surface area contributed by atoms with E-state index in [4.69, 9.17) is 5.73 Å². The van der Waals surface area contributed by atoms with E-state index in [-0.39, 0.29) is 5.39 Å². The van der Waals surface area contributed by atoms with Crippen LogP contribution in [0.15, 0.2) is 47.3 Å². The van der Waals surface area contributed by atoms with Crippen LogP contribution >= 0.6 is 0 Å². The van der Waals surface area contributed by atoms with Crippen LogP contribution in [0.4, 0.5) is 32.0 Å². The Hall–Kier alpha value is -3.50. The molecule has 0 fully saturated rings. The van der Waals surface area contributed by atoms with Crippen LogP contribution < -0.4 is 11.3 Å². The van der Waals surface area contributed by atoms with Gasteiger partial charge in [0, 0.05) is 5.39 Å². The van der Waals surface area contributed by atoms with Crippen LogP contribution in [0.25, 0.3) is 16.6 Å². The highest BCUT2D eigenvalue weighted by Crippen LogP contribution is 2.37. The molecule has 2 aromatic carbocycles. The van der Waals surface area contributed by atoms with Crippen molar-refractivity contribution in [3.8, 4) is 5.69 Å². The summed E-state index contributed by atoms with van der Waals surface area (Å²) in [6.45, 7) is 0. The molecule has 0 bridgehead atoms. The number of carbonyl (C=O) groups is 1. The highest BCUT2D eigenvalue weighted by molar-refractivity contribution is 6.04. The maximum Gasteiger partial charge on any atom is 0.418 e. The molecule has 5 nitrogen and oxygen atoms in total. The summed E-state index contributed by atoms with van der Waals surface area (Å²) in [5.74, 6) is -1.24. The third-order valence-corrected chi connectivity index (χ3v) is 4.38. The van der Waals surface area contributed by atoms with Crippen molar-refractivity contribution in [1.82, 2.24) is 4.57 Å². The van der Waals surface area contributed by atoms with Gasteiger partial charge in [0.1, 0.15) is 5.56 Å². The van der Waals surface area contributed by atoms with Gasteiger partial charge in [-0.1, -0.05) is 18.2 Å². The van der Waals surface area contributed by atoms with Crippen LogP contribution in [-0.2, 0) is 17.1 Å². The summed E-state index contributed by atoms with van der Waals surface area (Å²) >= 11 is 0. The summed E-state index contributed by atoms with van der Waals surface area (Å²) in [5, 5.41) is -0.222. The minimum atomic E-state index is -4.93. The number of alkyl halides is 6. The molecule has 3 rings (SSSR count). The van der Waals surface area contributed by atoms with Gasteiger partial charge in [0.15, 0.2) is 0 Å². The number of pyridine rings is 1. The normalized spacial score (nSPS) is 12.2. The predicted octanol–water partition coefficient (Wildman–Crippen LogP) is 4.40. The van der Waals surface area contributed by atoms with Crippen LogP contribution in [-0.4, -0.2) is 17.6 Å². The molecule has 11 heteroatoms. The molecule has 30 heavy (non-hydrogen) atoms. The third kappa shape index (κ3) is 3.46. The average Bonchev–Trinajstić information content (AvgIpc) is 2.66. The van der Waals surface area contributed by atoms with E-state index in [1.165, 1.54) is 6.07 Å². The lowest BCUT2D eigenvalue weighted by Crippen LogP contribution is -2.29. The molecular weight excluding hydrogens is 418 g/mol. The maximum absolute atomic E-state index is 13.5. The average molecular weight is 430 g/mol. The first kappa shape index (κ1) is 21.2. The number of anilines is 1. The summed E-state index contributed by atoms with van der Waals surface area (Å²) < 4.78 is 85.1. The van der Waals surface area contributed by atoms with Crippen LogP contribution in [0.2, 0.25) is 0 Å². The van der Waals surface area contributed by atoms with Crippen LogP contribution in [0.3, 0.4) is 0 Å². The molecule has 0 spiro atoms. The molecule has 0 aliphatic carbocycles. The molecule has 0 radical (unpaired) electrons. The Labute approximate surface area is 164 Å². The van der Waals surface area contributed by atoms with Gasteiger partial charge in [0.25, 0.3) is 5.56 Å². The van der Waals surface area contributed by atoms with Gasteiger partial charge in [-0.3, -0.25) is 9.36 Å². The lowest BCUT2D eigenvalue weighted by atomic mass is 10.0. The molecule has 1 heterocycles. The number of fused-ring (bicyclic) bond motifs is 1. The lowest BCUT2D eigenvalue weighted by Gasteiger charge is -2.19. The van der Waals surface area contributed by atoms with E-state index < -0.39 is 57.5 Å². The number of nitrogen functional groups attached to an aromatic ring is 1. The second-order valence-electron chi connectivity index (χ2n) is 6.17. The zero-order valence-electron chi connectivity index (χ0n) is 15.1. The number of hydrogen-bond acceptors (Lipinski definition) is 4. The van der Waals surface area contributed by atoms with E-state index in [1.54, 1.807) is 0 Å². The Morgan fingerprint density at radius 1 is 1.00 bits per heavy atom. The first-order valence-corrected chi connectivity index (χ1v) is 8.18. The Kier molecular flexibility index (Phi) is 5.01. The van der Waals surface area contributed by atoms with Gasteiger partial charge in [-0.2, -0.15) is 26.3 Å².